The lowest BCUT2D eigenvalue weighted by Crippen LogP contribution is -2.38. The summed E-state index contributed by atoms with van der Waals surface area (Å²) in [6.45, 7) is 2.95. The van der Waals surface area contributed by atoms with Crippen LogP contribution in [-0.4, -0.2) is 39.0 Å². The summed E-state index contributed by atoms with van der Waals surface area (Å²) < 4.78 is 6.31. The van der Waals surface area contributed by atoms with Crippen LogP contribution in [0.4, 0.5) is 0 Å². The first-order chi connectivity index (χ1) is 12.9. The van der Waals surface area contributed by atoms with Gasteiger partial charge in [-0.15, -0.1) is 0 Å². The molecule has 5 heteroatoms. The smallest absolute Gasteiger partial charge is 0.145 e. The largest absolute Gasteiger partial charge is 0.488 e. The lowest BCUT2D eigenvalue weighted by Gasteiger charge is -2.32. The van der Waals surface area contributed by atoms with E-state index in [1.807, 2.05) is 42.6 Å². The molecule has 4 rings (SSSR count). The molecule has 26 heavy (non-hydrogen) atoms. The van der Waals surface area contributed by atoms with E-state index in [9.17, 15) is 0 Å². The molecule has 132 valence electrons. The first kappa shape index (κ1) is 16.7. The summed E-state index contributed by atoms with van der Waals surface area (Å²) in [7, 11) is 0. The van der Waals surface area contributed by atoms with Gasteiger partial charge in [-0.2, -0.15) is 0 Å². The number of hydrogen-bond donors (Lipinski definition) is 0. The van der Waals surface area contributed by atoms with E-state index in [-0.39, 0.29) is 6.10 Å². The summed E-state index contributed by atoms with van der Waals surface area (Å²) >= 11 is 0. The van der Waals surface area contributed by atoms with Crippen molar-refractivity contribution in [2.75, 3.05) is 13.1 Å². The van der Waals surface area contributed by atoms with E-state index in [2.05, 4.69) is 25.9 Å². The highest BCUT2D eigenvalue weighted by Crippen LogP contribution is 2.29. The number of rotatable bonds is 5. The minimum absolute atomic E-state index is 0.222. The first-order valence-corrected chi connectivity index (χ1v) is 9.03. The monoisotopic (exact) mass is 346 g/mol. The standard InChI is InChI=1S/C21H22N4O/c1-2-10-23-18(4-1)16-25-14-8-19(9-15-25)26-20-5-3-11-24-21(20)17-6-12-22-13-7-17/h1-7,10-13,19H,8-9,14-16H2. The van der Waals surface area contributed by atoms with Gasteiger partial charge < -0.3 is 4.74 Å². The van der Waals surface area contributed by atoms with Gasteiger partial charge in [0.05, 0.1) is 5.69 Å². The molecule has 0 spiro atoms. The van der Waals surface area contributed by atoms with Crippen molar-refractivity contribution < 1.29 is 4.74 Å². The lowest BCUT2D eigenvalue weighted by molar-refractivity contribution is 0.0963. The fraction of sp³-hybridized carbons (Fsp3) is 0.286. The second-order valence-electron chi connectivity index (χ2n) is 6.50. The highest BCUT2D eigenvalue weighted by Gasteiger charge is 2.22. The van der Waals surface area contributed by atoms with Crippen molar-refractivity contribution in [3.8, 4) is 17.0 Å². The Balaban J connectivity index is 1.38. The average Bonchev–Trinajstić information content (AvgIpc) is 2.71. The van der Waals surface area contributed by atoms with Crippen LogP contribution in [0, 0.1) is 0 Å². The van der Waals surface area contributed by atoms with Crippen molar-refractivity contribution in [2.24, 2.45) is 0 Å². The van der Waals surface area contributed by atoms with Crippen LogP contribution >= 0.6 is 0 Å². The van der Waals surface area contributed by atoms with Crippen LogP contribution in [-0.2, 0) is 6.54 Å². The van der Waals surface area contributed by atoms with E-state index in [1.165, 1.54) is 0 Å². The van der Waals surface area contributed by atoms with Gasteiger partial charge in [0.25, 0.3) is 0 Å². The molecule has 0 N–H and O–H groups in total. The Bertz CT molecular complexity index is 818. The van der Waals surface area contributed by atoms with Crippen molar-refractivity contribution in [1.29, 1.82) is 0 Å². The summed E-state index contributed by atoms with van der Waals surface area (Å²) in [4.78, 5) is 15.5. The minimum atomic E-state index is 0.222. The average molecular weight is 346 g/mol. The molecule has 1 fully saturated rings. The molecule has 0 atom stereocenters. The number of hydrogen-bond acceptors (Lipinski definition) is 5. The Kier molecular flexibility index (Phi) is 5.17. The molecule has 0 unspecified atom stereocenters. The summed E-state index contributed by atoms with van der Waals surface area (Å²) in [6, 6.07) is 13.9. The molecule has 1 aliphatic rings. The molecule has 3 aromatic rings. The maximum absolute atomic E-state index is 6.31. The second-order valence-corrected chi connectivity index (χ2v) is 6.50. The van der Waals surface area contributed by atoms with E-state index in [0.29, 0.717) is 0 Å². The van der Waals surface area contributed by atoms with Crippen LogP contribution in [0.25, 0.3) is 11.3 Å². The van der Waals surface area contributed by atoms with E-state index in [1.54, 1.807) is 18.6 Å². The quantitative estimate of drug-likeness (QED) is 0.707. The number of pyridine rings is 3. The molecule has 0 bridgehead atoms. The van der Waals surface area contributed by atoms with Gasteiger partial charge >= 0.3 is 0 Å². The zero-order valence-corrected chi connectivity index (χ0v) is 14.7. The van der Waals surface area contributed by atoms with Crippen LogP contribution in [0.15, 0.2) is 67.3 Å². The molecule has 0 amide bonds. The number of piperidine rings is 1. The number of aromatic nitrogens is 3. The van der Waals surface area contributed by atoms with Crippen molar-refractivity contribution >= 4 is 0 Å². The van der Waals surface area contributed by atoms with E-state index >= 15 is 0 Å². The number of ether oxygens (including phenoxy) is 1. The Morgan fingerprint density at radius 2 is 1.69 bits per heavy atom. The van der Waals surface area contributed by atoms with Gasteiger partial charge in [-0.25, -0.2) is 0 Å². The van der Waals surface area contributed by atoms with Gasteiger partial charge in [0.15, 0.2) is 0 Å². The maximum atomic E-state index is 6.31. The highest BCUT2D eigenvalue weighted by molar-refractivity contribution is 5.65. The van der Waals surface area contributed by atoms with Crippen molar-refractivity contribution in [3.63, 3.8) is 0 Å². The molecule has 5 nitrogen and oxygen atoms in total. The molecule has 0 aliphatic carbocycles. The van der Waals surface area contributed by atoms with E-state index in [4.69, 9.17) is 4.74 Å². The Hall–Kier alpha value is -2.79. The van der Waals surface area contributed by atoms with Crippen LogP contribution in [0.1, 0.15) is 18.5 Å². The Labute approximate surface area is 153 Å². The summed E-state index contributed by atoms with van der Waals surface area (Å²) in [5.41, 5.74) is 3.04. The molecule has 0 saturated carbocycles. The van der Waals surface area contributed by atoms with Crippen molar-refractivity contribution in [3.05, 3.63) is 72.9 Å². The third kappa shape index (κ3) is 4.06. The molecular formula is C21H22N4O. The molecule has 1 aliphatic heterocycles. The predicted molar refractivity (Wildman–Crippen MR) is 101 cm³/mol. The molecule has 3 aromatic heterocycles. The molecule has 1 saturated heterocycles. The Morgan fingerprint density at radius 1 is 0.885 bits per heavy atom. The zero-order valence-electron chi connectivity index (χ0n) is 14.7. The number of likely N-dealkylation sites (tertiary alicyclic amines) is 1. The van der Waals surface area contributed by atoms with Gasteiger partial charge in [0, 0.05) is 50.0 Å². The van der Waals surface area contributed by atoms with Crippen molar-refractivity contribution in [1.82, 2.24) is 19.9 Å². The van der Waals surface area contributed by atoms with Gasteiger partial charge in [-0.05, 0) is 49.2 Å². The molecule has 4 heterocycles. The third-order valence-electron chi connectivity index (χ3n) is 4.66. The molecular weight excluding hydrogens is 324 g/mol. The lowest BCUT2D eigenvalue weighted by atomic mass is 10.1. The zero-order chi connectivity index (χ0) is 17.6. The Morgan fingerprint density at radius 3 is 2.46 bits per heavy atom. The van der Waals surface area contributed by atoms with E-state index < -0.39 is 0 Å². The fourth-order valence-corrected chi connectivity index (χ4v) is 3.30. The normalized spacial score (nSPS) is 15.7. The van der Waals surface area contributed by atoms with Crippen molar-refractivity contribution in [2.45, 2.75) is 25.5 Å². The topological polar surface area (TPSA) is 51.1 Å². The van der Waals surface area contributed by atoms with Gasteiger partial charge in [0.1, 0.15) is 17.5 Å². The second kappa shape index (κ2) is 8.06. The summed E-state index contributed by atoms with van der Waals surface area (Å²) in [5, 5.41) is 0. The van der Waals surface area contributed by atoms with Crippen LogP contribution in [0.5, 0.6) is 5.75 Å². The highest BCUT2D eigenvalue weighted by atomic mass is 16.5. The minimum Gasteiger partial charge on any atom is -0.488 e. The predicted octanol–water partition coefficient (Wildman–Crippen LogP) is 3.58. The number of nitrogens with zero attached hydrogens (tertiary/aromatic N) is 4. The molecule has 0 aromatic carbocycles. The van der Waals surface area contributed by atoms with Gasteiger partial charge in [-0.1, -0.05) is 6.07 Å². The van der Waals surface area contributed by atoms with Crippen LogP contribution < -0.4 is 4.74 Å². The summed E-state index contributed by atoms with van der Waals surface area (Å²) in [5.74, 6) is 0.849. The first-order valence-electron chi connectivity index (χ1n) is 9.03. The van der Waals surface area contributed by atoms with Gasteiger partial charge in [0.2, 0.25) is 0 Å². The molecule has 0 radical (unpaired) electrons. The SMILES string of the molecule is c1ccc(CN2CCC(Oc3cccnc3-c3ccncc3)CC2)nc1. The third-order valence-corrected chi connectivity index (χ3v) is 4.66. The summed E-state index contributed by atoms with van der Waals surface area (Å²) in [6.07, 6.45) is 9.47. The van der Waals surface area contributed by atoms with Crippen LogP contribution in [0.2, 0.25) is 0 Å². The van der Waals surface area contributed by atoms with E-state index in [0.717, 1.165) is 55.2 Å². The van der Waals surface area contributed by atoms with Gasteiger partial charge in [-0.3, -0.25) is 19.9 Å². The fourth-order valence-electron chi connectivity index (χ4n) is 3.30. The van der Waals surface area contributed by atoms with Crippen LogP contribution in [0.3, 0.4) is 0 Å². The maximum Gasteiger partial charge on any atom is 0.145 e.